The number of Topliss-reactive ketones (excluding diaryl/α,β-unsaturated/α-hetero) is 1. The van der Waals surface area contributed by atoms with Gasteiger partial charge in [-0.25, -0.2) is 0 Å². The van der Waals surface area contributed by atoms with E-state index in [0.717, 1.165) is 16.6 Å². The highest BCUT2D eigenvalue weighted by Crippen LogP contribution is 2.57. The molecule has 4 unspecified atom stereocenters. The normalized spacial score (nSPS) is 23.2. The summed E-state index contributed by atoms with van der Waals surface area (Å²) in [5.74, 6) is -3.89. The second-order valence-electron chi connectivity index (χ2n) is 13.3. The molecule has 4 aliphatic rings. The minimum Gasteiger partial charge on any atom is -0.507 e. The Balaban J connectivity index is 1.13. The van der Waals surface area contributed by atoms with E-state index in [0.29, 0.717) is 45.6 Å². The van der Waals surface area contributed by atoms with E-state index >= 15 is 0 Å². The fourth-order valence-electron chi connectivity index (χ4n) is 7.92. The van der Waals surface area contributed by atoms with E-state index in [4.69, 9.17) is 0 Å². The van der Waals surface area contributed by atoms with Gasteiger partial charge in [0.25, 0.3) is 0 Å². The Bertz CT molecular complexity index is 2270. The zero-order valence-electron chi connectivity index (χ0n) is 27.2. The van der Waals surface area contributed by atoms with E-state index in [1.807, 2.05) is 79.7 Å². The number of hydrogen-bond donors (Lipinski definition) is 1. The number of allylic oxidation sites excluding steroid dienone is 6. The molecule has 0 aromatic heterocycles. The summed E-state index contributed by atoms with van der Waals surface area (Å²) in [6, 6.07) is 25.6. The molecule has 4 atom stereocenters. The summed E-state index contributed by atoms with van der Waals surface area (Å²) in [5, 5.41) is 21.7. The number of amides is 2. The number of nitrogens with zero attached hydrogens (tertiary/aromatic N) is 4. The second kappa shape index (κ2) is 12.1. The van der Waals surface area contributed by atoms with Crippen molar-refractivity contribution in [1.82, 2.24) is 0 Å². The van der Waals surface area contributed by atoms with Crippen LogP contribution in [0.2, 0.25) is 0 Å². The van der Waals surface area contributed by atoms with Gasteiger partial charge in [-0.3, -0.25) is 24.1 Å². The lowest BCUT2D eigenvalue weighted by molar-refractivity contribution is -0.123. The number of carbonyl (C=O) groups is 4. The molecule has 2 amide bonds. The van der Waals surface area contributed by atoms with Gasteiger partial charge in [-0.2, -0.15) is 10.2 Å². The molecule has 1 heterocycles. The summed E-state index contributed by atoms with van der Waals surface area (Å²) in [5.41, 5.74) is 4.64. The number of phenolic OH excluding ortho intramolecular Hbond substituents is 1. The third kappa shape index (κ3) is 5.05. The first kappa shape index (κ1) is 31.8. The van der Waals surface area contributed by atoms with Crippen molar-refractivity contribution in [1.29, 1.82) is 0 Å². The molecule has 0 saturated carbocycles. The average Bonchev–Trinajstić information content (AvgIpc) is 3.38. The molecular weight excluding hydrogens is 696 g/mol. The fourth-order valence-corrected chi connectivity index (χ4v) is 8.37. The minimum absolute atomic E-state index is 0.0239. The van der Waals surface area contributed by atoms with E-state index < -0.39 is 23.7 Å². The second-order valence-corrected chi connectivity index (χ2v) is 14.1. The first-order chi connectivity index (χ1) is 24.1. The lowest BCUT2D eigenvalue weighted by Gasteiger charge is -2.42. The van der Waals surface area contributed by atoms with E-state index in [2.05, 4.69) is 26.2 Å². The summed E-state index contributed by atoms with van der Waals surface area (Å²) < 4.78 is 0.154. The van der Waals surface area contributed by atoms with Crippen molar-refractivity contribution in [2.75, 3.05) is 23.9 Å². The van der Waals surface area contributed by atoms with Crippen LogP contribution in [0.5, 0.6) is 5.75 Å². The average molecular weight is 728 g/mol. The van der Waals surface area contributed by atoms with E-state index in [1.54, 1.807) is 30.3 Å². The Kier molecular flexibility index (Phi) is 7.71. The Hall–Kier alpha value is -5.48. The lowest BCUT2D eigenvalue weighted by Crippen LogP contribution is -2.39. The minimum atomic E-state index is -0.747. The van der Waals surface area contributed by atoms with Crippen LogP contribution in [0.25, 0.3) is 10.8 Å². The maximum absolute atomic E-state index is 14.3. The Labute approximate surface area is 296 Å². The molecule has 1 aliphatic heterocycles. The van der Waals surface area contributed by atoms with Gasteiger partial charge in [0.05, 0.1) is 33.4 Å². The number of rotatable bonds is 5. The summed E-state index contributed by atoms with van der Waals surface area (Å²) >= 11 is 3.27. The molecule has 248 valence electrons. The number of benzene rings is 4. The number of fused-ring (bicyclic) bond motifs is 4. The molecule has 9 nitrogen and oxygen atoms in total. The monoisotopic (exact) mass is 726 g/mol. The number of carbonyl (C=O) groups excluding carboxylic acids is 4. The molecular formula is C40H31BrN4O5. The van der Waals surface area contributed by atoms with Crippen LogP contribution in [0, 0.1) is 17.8 Å². The third-order valence-electron chi connectivity index (χ3n) is 10.3. The molecule has 10 heteroatoms. The van der Waals surface area contributed by atoms with Crippen LogP contribution in [0.3, 0.4) is 0 Å². The number of anilines is 2. The zero-order valence-corrected chi connectivity index (χ0v) is 28.8. The Morgan fingerprint density at radius 1 is 0.820 bits per heavy atom. The topological polar surface area (TPSA) is 120 Å². The van der Waals surface area contributed by atoms with Crippen LogP contribution >= 0.6 is 15.9 Å². The number of azo groups is 1. The van der Waals surface area contributed by atoms with Crippen LogP contribution < -0.4 is 9.80 Å². The maximum Gasteiger partial charge on any atom is 0.238 e. The third-order valence-corrected chi connectivity index (χ3v) is 10.9. The molecule has 0 spiro atoms. The predicted molar refractivity (Wildman–Crippen MR) is 194 cm³/mol. The first-order valence-corrected chi connectivity index (χ1v) is 17.2. The fraction of sp³-hybridized carbons (Fsp3) is 0.200. The molecule has 3 aliphatic carbocycles. The predicted octanol–water partition coefficient (Wildman–Crippen LogP) is 7.99. The van der Waals surface area contributed by atoms with E-state index in [9.17, 15) is 24.3 Å². The molecule has 1 saturated heterocycles. The van der Waals surface area contributed by atoms with Gasteiger partial charge in [0.2, 0.25) is 11.8 Å². The van der Waals surface area contributed by atoms with Gasteiger partial charge in [-0.1, -0.05) is 48.0 Å². The number of aromatic hydroxyl groups is 1. The molecule has 1 N–H and O–H groups in total. The molecule has 8 rings (SSSR count). The summed E-state index contributed by atoms with van der Waals surface area (Å²) in [6.07, 6.45) is 3.67. The van der Waals surface area contributed by atoms with Crippen LogP contribution in [0.15, 0.2) is 129 Å². The number of halogens is 1. The van der Waals surface area contributed by atoms with Crippen LogP contribution in [0.1, 0.15) is 24.3 Å². The maximum atomic E-state index is 14.3. The highest BCUT2D eigenvalue weighted by molar-refractivity contribution is 9.12. The van der Waals surface area contributed by atoms with Crippen molar-refractivity contribution in [3.63, 3.8) is 0 Å². The van der Waals surface area contributed by atoms with Crippen molar-refractivity contribution in [2.45, 2.75) is 18.8 Å². The first-order valence-electron chi connectivity index (χ1n) is 16.4. The van der Waals surface area contributed by atoms with E-state index in [1.165, 1.54) is 11.0 Å². The van der Waals surface area contributed by atoms with Crippen molar-refractivity contribution < 1.29 is 24.3 Å². The van der Waals surface area contributed by atoms with Crippen LogP contribution in [-0.4, -0.2) is 42.6 Å². The number of phenols is 1. The molecule has 0 radical (unpaired) electrons. The van der Waals surface area contributed by atoms with Gasteiger partial charge in [-0.15, -0.1) is 0 Å². The largest absolute Gasteiger partial charge is 0.507 e. The molecule has 50 heavy (non-hydrogen) atoms. The highest BCUT2D eigenvalue weighted by atomic mass is 79.9. The van der Waals surface area contributed by atoms with Gasteiger partial charge in [-0.05, 0) is 88.6 Å². The Morgan fingerprint density at radius 3 is 2.20 bits per heavy atom. The summed E-state index contributed by atoms with van der Waals surface area (Å²) in [6.45, 7) is 0. The lowest BCUT2D eigenvalue weighted by atomic mass is 9.59. The zero-order chi connectivity index (χ0) is 34.8. The van der Waals surface area contributed by atoms with Crippen LogP contribution in [-0.2, 0) is 19.2 Å². The van der Waals surface area contributed by atoms with Gasteiger partial charge < -0.3 is 10.0 Å². The van der Waals surface area contributed by atoms with Crippen molar-refractivity contribution in [3.05, 3.63) is 124 Å². The van der Waals surface area contributed by atoms with Gasteiger partial charge in [0, 0.05) is 53.9 Å². The smallest absolute Gasteiger partial charge is 0.238 e. The van der Waals surface area contributed by atoms with Gasteiger partial charge in [0.1, 0.15) is 5.75 Å². The number of hydrogen-bond acceptors (Lipinski definition) is 8. The SMILES string of the molecule is CN(C)c1ccc(N=Nc2ccc(N3C(=O)C4CC=C5C(c6ccc7ccccc7c6O)C6=C(CC5C4C3=O)C(=O)C(Br)=CC6=O)cc2)cc1. The van der Waals surface area contributed by atoms with Gasteiger partial charge in [0.15, 0.2) is 11.6 Å². The summed E-state index contributed by atoms with van der Waals surface area (Å²) in [7, 11) is 3.93. The standard InChI is InChI=1S/C40H31BrN4O5/c1-44(2)24-12-8-22(9-13-24)42-43-23-10-14-25(15-11-23)45-39(49)29-18-17-27-30(35(29)40(45)50)19-31-36(33(46)20-32(41)38(31)48)34(27)28-16-7-21-5-3-4-6-26(21)37(28)47/h3-17,20,29-30,34-35,47H,18-19H2,1-2H3. The molecule has 0 bridgehead atoms. The Morgan fingerprint density at radius 2 is 1.50 bits per heavy atom. The van der Waals surface area contributed by atoms with Gasteiger partial charge >= 0.3 is 0 Å². The number of imide groups is 1. The quantitative estimate of drug-likeness (QED) is 0.0964. The van der Waals surface area contributed by atoms with Crippen molar-refractivity contribution >= 4 is 72.8 Å². The number of ketones is 2. The van der Waals surface area contributed by atoms with Crippen LogP contribution in [0.4, 0.5) is 22.7 Å². The van der Waals surface area contributed by atoms with Crippen molar-refractivity contribution in [3.8, 4) is 5.75 Å². The molecule has 4 aromatic carbocycles. The summed E-state index contributed by atoms with van der Waals surface area (Å²) in [4.78, 5) is 58.7. The van der Waals surface area contributed by atoms with Crippen molar-refractivity contribution in [2.24, 2.45) is 28.0 Å². The molecule has 1 fully saturated rings. The molecule has 4 aromatic rings. The highest BCUT2D eigenvalue weighted by Gasteiger charge is 2.57. The van der Waals surface area contributed by atoms with E-state index in [-0.39, 0.29) is 40.0 Å².